The summed E-state index contributed by atoms with van der Waals surface area (Å²) < 4.78 is 0. The first-order chi connectivity index (χ1) is 11.1. The number of carbonyl (C=O) groups is 2. The van der Waals surface area contributed by atoms with Crippen molar-refractivity contribution in [1.82, 2.24) is 9.80 Å². The molecule has 3 rings (SSSR count). The predicted octanol–water partition coefficient (Wildman–Crippen LogP) is 1.50. The zero-order valence-electron chi connectivity index (χ0n) is 13.1. The molecule has 0 bridgehead atoms. The van der Waals surface area contributed by atoms with Gasteiger partial charge in [-0.3, -0.25) is 14.5 Å². The van der Waals surface area contributed by atoms with E-state index in [-0.39, 0.29) is 23.8 Å². The predicted molar refractivity (Wildman–Crippen MR) is 88.0 cm³/mol. The Hall–Kier alpha value is -1.91. The molecule has 2 heterocycles. The number of amides is 2. The van der Waals surface area contributed by atoms with Crippen molar-refractivity contribution in [2.24, 2.45) is 5.92 Å². The number of nitrogens with zero attached hydrogens (tertiary/aromatic N) is 3. The Morgan fingerprint density at radius 1 is 1.35 bits per heavy atom. The Morgan fingerprint density at radius 3 is 2.65 bits per heavy atom. The molecular weight excluding hydrogens is 312 g/mol. The maximum Gasteiger partial charge on any atom is 0.242 e. The highest BCUT2D eigenvalue weighted by Gasteiger charge is 2.35. The Balaban J connectivity index is 1.52. The van der Waals surface area contributed by atoms with E-state index < -0.39 is 0 Å². The molecule has 6 nitrogen and oxygen atoms in total. The van der Waals surface area contributed by atoms with E-state index in [2.05, 4.69) is 16.3 Å². The molecule has 122 valence electrons. The van der Waals surface area contributed by atoms with Crippen LogP contribution in [-0.2, 0) is 9.59 Å². The number of anilines is 1. The molecule has 2 fully saturated rings. The zero-order chi connectivity index (χ0) is 16.4. The van der Waals surface area contributed by atoms with E-state index in [4.69, 9.17) is 5.26 Å². The van der Waals surface area contributed by atoms with Crippen LogP contribution in [0.3, 0.4) is 0 Å². The topological polar surface area (TPSA) is 76.4 Å². The molecule has 0 spiro atoms. The molecule has 1 aromatic rings. The summed E-state index contributed by atoms with van der Waals surface area (Å²) in [5, 5.41) is 14.2. The first-order valence-corrected chi connectivity index (χ1v) is 8.79. The standard InChI is InChI=1S/C16H20N4O2S/c1-11(14(21)18-15-13(10-17)4-9-23-15)19-5-7-20(8-6-19)16(22)12-2-3-12/h4,9,11-12H,2-3,5-8H2,1H3,(H,18,21). The van der Waals surface area contributed by atoms with Crippen LogP contribution in [0, 0.1) is 17.2 Å². The second-order valence-corrected chi connectivity index (χ2v) is 6.99. The van der Waals surface area contributed by atoms with E-state index >= 15 is 0 Å². The minimum Gasteiger partial charge on any atom is -0.340 e. The smallest absolute Gasteiger partial charge is 0.242 e. The lowest BCUT2D eigenvalue weighted by molar-refractivity contribution is -0.135. The van der Waals surface area contributed by atoms with Crippen LogP contribution in [0.25, 0.3) is 0 Å². The average Bonchev–Trinajstić information content (AvgIpc) is 3.33. The number of carbonyl (C=O) groups excluding carboxylic acids is 2. The van der Waals surface area contributed by atoms with Gasteiger partial charge in [0.2, 0.25) is 11.8 Å². The van der Waals surface area contributed by atoms with Crippen molar-refractivity contribution in [1.29, 1.82) is 5.26 Å². The van der Waals surface area contributed by atoms with Crippen LogP contribution < -0.4 is 5.32 Å². The van der Waals surface area contributed by atoms with Gasteiger partial charge >= 0.3 is 0 Å². The lowest BCUT2D eigenvalue weighted by atomic mass is 10.2. The average molecular weight is 332 g/mol. The quantitative estimate of drug-likeness (QED) is 0.906. The van der Waals surface area contributed by atoms with Gasteiger partial charge < -0.3 is 10.2 Å². The molecule has 1 atom stereocenters. The summed E-state index contributed by atoms with van der Waals surface area (Å²) in [6, 6.07) is 3.50. The van der Waals surface area contributed by atoms with Gasteiger partial charge in [0.05, 0.1) is 11.6 Å². The lowest BCUT2D eigenvalue weighted by Gasteiger charge is -2.37. The number of piperazine rings is 1. The number of hydrogen-bond donors (Lipinski definition) is 1. The van der Waals surface area contributed by atoms with E-state index in [1.807, 2.05) is 11.8 Å². The fourth-order valence-corrected chi connectivity index (χ4v) is 3.53. The molecule has 2 aliphatic rings. The molecule has 2 amide bonds. The van der Waals surface area contributed by atoms with Crippen molar-refractivity contribution in [3.05, 3.63) is 17.0 Å². The van der Waals surface area contributed by atoms with Gasteiger partial charge in [0.15, 0.2) is 0 Å². The highest BCUT2D eigenvalue weighted by Crippen LogP contribution is 2.31. The minimum atomic E-state index is -0.276. The third kappa shape index (κ3) is 3.54. The SMILES string of the molecule is CC(C(=O)Nc1sccc1C#N)N1CCN(C(=O)C2CC2)CC1. The third-order valence-electron chi connectivity index (χ3n) is 4.50. The van der Waals surface area contributed by atoms with Crippen molar-refractivity contribution in [3.8, 4) is 6.07 Å². The van der Waals surface area contributed by atoms with Crippen LogP contribution in [0.2, 0.25) is 0 Å². The Morgan fingerprint density at radius 2 is 2.04 bits per heavy atom. The van der Waals surface area contributed by atoms with E-state index in [0.29, 0.717) is 36.7 Å². The molecule has 23 heavy (non-hydrogen) atoms. The Labute approximate surface area is 139 Å². The number of nitriles is 1. The van der Waals surface area contributed by atoms with E-state index in [9.17, 15) is 9.59 Å². The summed E-state index contributed by atoms with van der Waals surface area (Å²) in [5.41, 5.74) is 0.496. The van der Waals surface area contributed by atoms with Crippen LogP contribution in [0.4, 0.5) is 5.00 Å². The maximum absolute atomic E-state index is 12.4. The summed E-state index contributed by atoms with van der Waals surface area (Å²) in [5.74, 6) is 0.426. The molecule has 1 saturated carbocycles. The monoisotopic (exact) mass is 332 g/mol. The number of rotatable bonds is 4. The molecule has 0 aromatic carbocycles. The van der Waals surface area contributed by atoms with E-state index in [1.165, 1.54) is 11.3 Å². The Kier molecular flexibility index (Phi) is 4.64. The van der Waals surface area contributed by atoms with Crippen LogP contribution in [0.5, 0.6) is 0 Å². The molecule has 1 unspecified atom stereocenters. The van der Waals surface area contributed by atoms with Gasteiger partial charge in [0, 0.05) is 32.1 Å². The second kappa shape index (κ2) is 6.69. The highest BCUT2D eigenvalue weighted by molar-refractivity contribution is 7.14. The van der Waals surface area contributed by atoms with Gasteiger partial charge in [-0.1, -0.05) is 0 Å². The minimum absolute atomic E-state index is 0.106. The summed E-state index contributed by atoms with van der Waals surface area (Å²) >= 11 is 1.36. The van der Waals surface area contributed by atoms with Crippen LogP contribution in [0.15, 0.2) is 11.4 Å². The van der Waals surface area contributed by atoms with Crippen molar-refractivity contribution >= 4 is 28.2 Å². The second-order valence-electron chi connectivity index (χ2n) is 6.08. The number of thiophene rings is 1. The molecule has 1 aliphatic carbocycles. The van der Waals surface area contributed by atoms with Crippen molar-refractivity contribution < 1.29 is 9.59 Å². The largest absolute Gasteiger partial charge is 0.340 e. The summed E-state index contributed by atoms with van der Waals surface area (Å²) in [6.07, 6.45) is 2.06. The van der Waals surface area contributed by atoms with Crippen molar-refractivity contribution in [3.63, 3.8) is 0 Å². The fraction of sp³-hybridized carbons (Fsp3) is 0.562. The first kappa shape index (κ1) is 16.0. The van der Waals surface area contributed by atoms with Crippen LogP contribution in [-0.4, -0.2) is 53.8 Å². The number of nitrogens with one attached hydrogen (secondary N) is 1. The molecule has 0 radical (unpaired) electrons. The van der Waals surface area contributed by atoms with Crippen LogP contribution in [0.1, 0.15) is 25.3 Å². The summed E-state index contributed by atoms with van der Waals surface area (Å²) in [6.45, 7) is 4.67. The molecule has 7 heteroatoms. The van der Waals surface area contributed by atoms with Gasteiger partial charge in [-0.25, -0.2) is 0 Å². The van der Waals surface area contributed by atoms with Gasteiger partial charge in [0.1, 0.15) is 11.1 Å². The molecular formula is C16H20N4O2S. The molecule has 1 aromatic heterocycles. The highest BCUT2D eigenvalue weighted by atomic mass is 32.1. The van der Waals surface area contributed by atoms with Crippen LogP contribution >= 0.6 is 11.3 Å². The van der Waals surface area contributed by atoms with Gasteiger partial charge in [-0.15, -0.1) is 11.3 Å². The molecule has 1 aliphatic heterocycles. The maximum atomic E-state index is 12.4. The van der Waals surface area contributed by atoms with Gasteiger partial charge in [-0.05, 0) is 31.2 Å². The normalized spacial score (nSPS) is 19.9. The lowest BCUT2D eigenvalue weighted by Crippen LogP contribution is -2.54. The summed E-state index contributed by atoms with van der Waals surface area (Å²) in [4.78, 5) is 28.4. The van der Waals surface area contributed by atoms with E-state index in [1.54, 1.807) is 11.4 Å². The summed E-state index contributed by atoms with van der Waals surface area (Å²) in [7, 11) is 0. The van der Waals surface area contributed by atoms with Crippen molar-refractivity contribution in [2.45, 2.75) is 25.8 Å². The third-order valence-corrected chi connectivity index (χ3v) is 5.33. The van der Waals surface area contributed by atoms with Gasteiger partial charge in [0.25, 0.3) is 0 Å². The van der Waals surface area contributed by atoms with E-state index in [0.717, 1.165) is 12.8 Å². The number of hydrogen-bond acceptors (Lipinski definition) is 5. The van der Waals surface area contributed by atoms with Gasteiger partial charge in [-0.2, -0.15) is 5.26 Å². The molecule has 1 saturated heterocycles. The molecule has 1 N–H and O–H groups in total. The first-order valence-electron chi connectivity index (χ1n) is 7.91. The fourth-order valence-electron chi connectivity index (χ4n) is 2.79. The Bertz CT molecular complexity index is 639. The zero-order valence-corrected chi connectivity index (χ0v) is 13.9. The van der Waals surface area contributed by atoms with Crippen molar-refractivity contribution in [2.75, 3.05) is 31.5 Å².